The van der Waals surface area contributed by atoms with Gasteiger partial charge in [-0.2, -0.15) is 5.10 Å². The van der Waals surface area contributed by atoms with Crippen LogP contribution in [0.4, 0.5) is 0 Å². The van der Waals surface area contributed by atoms with Gasteiger partial charge in [-0.05, 0) is 47.1 Å². The van der Waals surface area contributed by atoms with Gasteiger partial charge in [-0.1, -0.05) is 0 Å². The summed E-state index contributed by atoms with van der Waals surface area (Å²) < 4.78 is 7.77. The number of carbonyl (C=O) groups excluding carboxylic acids is 1. The predicted octanol–water partition coefficient (Wildman–Crippen LogP) is 2.60. The van der Waals surface area contributed by atoms with Crippen LogP contribution < -0.4 is 10.1 Å². The van der Waals surface area contributed by atoms with Crippen LogP contribution in [-0.2, 0) is 13.1 Å². The predicted molar refractivity (Wildman–Crippen MR) is 79.8 cm³/mol. The summed E-state index contributed by atoms with van der Waals surface area (Å²) in [6, 6.07) is 6.98. The lowest BCUT2D eigenvalue weighted by Crippen LogP contribution is -2.23. The maximum absolute atomic E-state index is 12.0. The maximum atomic E-state index is 12.0. The van der Waals surface area contributed by atoms with Crippen molar-refractivity contribution < 1.29 is 9.53 Å². The number of carbonyl (C=O) groups is 1. The number of ether oxygens (including phenoxy) is 1. The number of rotatable bonds is 5. The molecule has 0 bridgehead atoms. The molecule has 0 aliphatic carbocycles. The van der Waals surface area contributed by atoms with E-state index in [4.69, 9.17) is 4.74 Å². The van der Waals surface area contributed by atoms with Crippen molar-refractivity contribution in [3.05, 3.63) is 46.2 Å². The Balaban J connectivity index is 1.98. The van der Waals surface area contributed by atoms with Crippen molar-refractivity contribution in [2.24, 2.45) is 0 Å². The Bertz CT molecular complexity index is 593. The minimum atomic E-state index is -0.134. The lowest BCUT2D eigenvalue weighted by molar-refractivity contribution is 0.0950. The summed E-state index contributed by atoms with van der Waals surface area (Å²) in [5.74, 6) is 0.594. The third-order valence-corrected chi connectivity index (χ3v) is 3.54. The normalized spacial score (nSPS) is 10.3. The molecular formula is C14H16BrN3O2. The Labute approximate surface area is 126 Å². The highest BCUT2D eigenvalue weighted by molar-refractivity contribution is 9.10. The summed E-state index contributed by atoms with van der Waals surface area (Å²) in [6.07, 6.45) is 1.90. The van der Waals surface area contributed by atoms with Gasteiger partial charge in [-0.15, -0.1) is 0 Å². The van der Waals surface area contributed by atoms with Gasteiger partial charge in [0.25, 0.3) is 5.91 Å². The second-order valence-electron chi connectivity index (χ2n) is 4.19. The first-order valence-electron chi connectivity index (χ1n) is 6.28. The Morgan fingerprint density at radius 3 is 2.65 bits per heavy atom. The minimum Gasteiger partial charge on any atom is -0.497 e. The summed E-state index contributed by atoms with van der Waals surface area (Å²) in [6.45, 7) is 3.20. The quantitative estimate of drug-likeness (QED) is 0.912. The van der Waals surface area contributed by atoms with E-state index in [0.717, 1.165) is 22.5 Å². The van der Waals surface area contributed by atoms with E-state index < -0.39 is 0 Å². The number of aromatic nitrogens is 2. The van der Waals surface area contributed by atoms with Crippen LogP contribution in [0.25, 0.3) is 0 Å². The Morgan fingerprint density at radius 1 is 1.40 bits per heavy atom. The molecule has 1 heterocycles. The van der Waals surface area contributed by atoms with Gasteiger partial charge < -0.3 is 10.1 Å². The van der Waals surface area contributed by atoms with Crippen molar-refractivity contribution in [2.45, 2.75) is 20.0 Å². The highest BCUT2D eigenvalue weighted by Crippen LogP contribution is 2.15. The van der Waals surface area contributed by atoms with Crippen molar-refractivity contribution >= 4 is 21.8 Å². The molecule has 0 radical (unpaired) electrons. The zero-order chi connectivity index (χ0) is 14.5. The molecule has 1 aromatic carbocycles. The molecule has 0 unspecified atom stereocenters. The van der Waals surface area contributed by atoms with Crippen LogP contribution in [0.2, 0.25) is 0 Å². The molecule has 0 aliphatic rings. The fourth-order valence-electron chi connectivity index (χ4n) is 1.73. The van der Waals surface area contributed by atoms with Gasteiger partial charge >= 0.3 is 0 Å². The van der Waals surface area contributed by atoms with Crippen molar-refractivity contribution in [1.82, 2.24) is 15.1 Å². The molecule has 0 saturated carbocycles. The highest BCUT2D eigenvalue weighted by Gasteiger charge is 2.09. The van der Waals surface area contributed by atoms with Crippen LogP contribution in [0.5, 0.6) is 5.75 Å². The van der Waals surface area contributed by atoms with Crippen molar-refractivity contribution in [3.63, 3.8) is 0 Å². The fourth-order valence-corrected chi connectivity index (χ4v) is 2.18. The van der Waals surface area contributed by atoms with Gasteiger partial charge in [0.05, 0.1) is 23.8 Å². The average Bonchev–Trinajstić information content (AvgIpc) is 2.85. The summed E-state index contributed by atoms with van der Waals surface area (Å²) in [7, 11) is 1.59. The minimum absolute atomic E-state index is 0.134. The monoisotopic (exact) mass is 337 g/mol. The van der Waals surface area contributed by atoms with Crippen LogP contribution in [-0.4, -0.2) is 22.8 Å². The van der Waals surface area contributed by atoms with Crippen molar-refractivity contribution in [2.75, 3.05) is 7.11 Å². The summed E-state index contributed by atoms with van der Waals surface area (Å²) in [5, 5.41) is 7.20. The second kappa shape index (κ2) is 6.56. The smallest absolute Gasteiger partial charge is 0.251 e. The summed E-state index contributed by atoms with van der Waals surface area (Å²) >= 11 is 3.43. The molecule has 2 rings (SSSR count). The number of amides is 1. The summed E-state index contributed by atoms with van der Waals surface area (Å²) in [5.41, 5.74) is 1.41. The topological polar surface area (TPSA) is 56.2 Å². The van der Waals surface area contributed by atoms with Gasteiger partial charge in [0.1, 0.15) is 5.75 Å². The zero-order valence-corrected chi connectivity index (χ0v) is 13.0. The molecule has 5 nitrogen and oxygen atoms in total. The zero-order valence-electron chi connectivity index (χ0n) is 11.4. The van der Waals surface area contributed by atoms with Crippen LogP contribution >= 0.6 is 15.9 Å². The molecule has 1 N–H and O–H groups in total. The first-order chi connectivity index (χ1) is 9.63. The molecular weight excluding hydrogens is 322 g/mol. The lowest BCUT2D eigenvalue weighted by atomic mass is 10.2. The number of halogens is 1. The number of methoxy groups -OCH3 is 1. The molecule has 6 heteroatoms. The van der Waals surface area contributed by atoms with Gasteiger partial charge in [0.15, 0.2) is 0 Å². The van der Waals surface area contributed by atoms with E-state index in [9.17, 15) is 4.79 Å². The molecule has 1 aromatic heterocycles. The molecule has 0 atom stereocenters. The number of nitrogens with zero attached hydrogens (tertiary/aromatic N) is 2. The first-order valence-corrected chi connectivity index (χ1v) is 7.07. The van der Waals surface area contributed by atoms with Crippen LogP contribution in [0, 0.1) is 0 Å². The second-order valence-corrected chi connectivity index (χ2v) is 5.04. The molecule has 20 heavy (non-hydrogen) atoms. The Morgan fingerprint density at radius 2 is 2.10 bits per heavy atom. The van der Waals surface area contributed by atoms with Gasteiger partial charge in [0, 0.05) is 18.3 Å². The largest absolute Gasteiger partial charge is 0.497 e. The number of benzene rings is 1. The third-order valence-electron chi connectivity index (χ3n) is 2.88. The fraction of sp³-hybridized carbons (Fsp3) is 0.286. The molecule has 0 saturated heterocycles. The van der Waals surface area contributed by atoms with E-state index in [1.807, 2.05) is 17.8 Å². The van der Waals surface area contributed by atoms with E-state index in [-0.39, 0.29) is 5.91 Å². The Hall–Kier alpha value is -1.82. The lowest BCUT2D eigenvalue weighted by Gasteiger charge is -2.05. The number of hydrogen-bond acceptors (Lipinski definition) is 3. The van der Waals surface area contributed by atoms with Gasteiger partial charge in [-0.3, -0.25) is 9.48 Å². The molecule has 1 amide bonds. The highest BCUT2D eigenvalue weighted by atomic mass is 79.9. The van der Waals surface area contributed by atoms with E-state index in [1.54, 1.807) is 31.4 Å². The van der Waals surface area contributed by atoms with Gasteiger partial charge in [-0.25, -0.2) is 0 Å². The van der Waals surface area contributed by atoms with Gasteiger partial charge in [0.2, 0.25) is 0 Å². The summed E-state index contributed by atoms with van der Waals surface area (Å²) in [4.78, 5) is 12.0. The molecule has 0 aliphatic heterocycles. The van der Waals surface area contributed by atoms with E-state index in [0.29, 0.717) is 12.1 Å². The average molecular weight is 338 g/mol. The van der Waals surface area contributed by atoms with Crippen molar-refractivity contribution in [3.8, 4) is 5.75 Å². The molecule has 0 spiro atoms. The van der Waals surface area contributed by atoms with Crippen molar-refractivity contribution in [1.29, 1.82) is 0 Å². The maximum Gasteiger partial charge on any atom is 0.251 e. The molecule has 0 fully saturated rings. The van der Waals surface area contributed by atoms with Crippen LogP contribution in [0.1, 0.15) is 23.0 Å². The molecule has 106 valence electrons. The first kappa shape index (κ1) is 14.6. The Kier molecular flexibility index (Phi) is 4.79. The number of hydrogen-bond donors (Lipinski definition) is 1. The SMILES string of the molecule is CCn1cc(Br)c(CNC(=O)c2ccc(OC)cc2)n1. The molecule has 2 aromatic rings. The van der Waals surface area contributed by atoms with Crippen LogP contribution in [0.3, 0.4) is 0 Å². The number of aryl methyl sites for hydroxylation is 1. The standard InChI is InChI=1S/C14H16BrN3O2/c1-3-18-9-12(15)13(17-18)8-16-14(19)10-4-6-11(20-2)7-5-10/h4-7,9H,3,8H2,1-2H3,(H,16,19). The van der Waals surface area contributed by atoms with Crippen LogP contribution in [0.15, 0.2) is 34.9 Å². The third kappa shape index (κ3) is 3.39. The number of nitrogens with one attached hydrogen (secondary N) is 1. The van der Waals surface area contributed by atoms with E-state index >= 15 is 0 Å². The van der Waals surface area contributed by atoms with E-state index in [1.165, 1.54) is 0 Å². The van der Waals surface area contributed by atoms with E-state index in [2.05, 4.69) is 26.3 Å².